The lowest BCUT2D eigenvalue weighted by Crippen LogP contribution is -2.54. The van der Waals surface area contributed by atoms with Gasteiger partial charge in [0.25, 0.3) is 0 Å². The lowest BCUT2D eigenvalue weighted by Gasteiger charge is -2.45. The van der Waals surface area contributed by atoms with Crippen molar-refractivity contribution < 1.29 is 8.42 Å². The summed E-state index contributed by atoms with van der Waals surface area (Å²) in [5, 5.41) is 5.64. The molecule has 1 saturated heterocycles. The molecule has 4 heterocycles. The Hall–Kier alpha value is -3.93. The topological polar surface area (TPSA) is 123 Å². The molecule has 0 spiro atoms. The first-order valence-corrected chi connectivity index (χ1v) is 15.8. The molecule has 41 heavy (non-hydrogen) atoms. The number of nitrogens with two attached hydrogens (primary N) is 1. The molecule has 0 atom stereocenters. The molecule has 210 valence electrons. The van der Waals surface area contributed by atoms with Gasteiger partial charge in [-0.05, 0) is 31.4 Å². The lowest BCUT2D eigenvalue weighted by molar-refractivity contribution is 0.0729. The minimum atomic E-state index is -3.14. The summed E-state index contributed by atoms with van der Waals surface area (Å²) in [5.41, 5.74) is 12.8. The van der Waals surface area contributed by atoms with Crippen LogP contribution in [0.5, 0.6) is 0 Å². The predicted octanol–water partition coefficient (Wildman–Crippen LogP) is 3.72. The quantitative estimate of drug-likeness (QED) is 0.340. The Morgan fingerprint density at radius 2 is 1.66 bits per heavy atom. The number of piperazine rings is 1. The zero-order chi connectivity index (χ0) is 28.3. The van der Waals surface area contributed by atoms with Gasteiger partial charge in [-0.3, -0.25) is 4.90 Å². The third-order valence-corrected chi connectivity index (χ3v) is 9.97. The third-order valence-electron chi connectivity index (χ3n) is 8.66. The molecule has 11 heteroatoms. The van der Waals surface area contributed by atoms with Crippen LogP contribution in [0, 0.1) is 6.92 Å². The van der Waals surface area contributed by atoms with Gasteiger partial charge < -0.3 is 5.73 Å². The fraction of sp³-hybridized carbons (Fsp3) is 0.333. The van der Waals surface area contributed by atoms with E-state index < -0.39 is 10.0 Å². The molecular formula is C30H32N8O2S. The first kappa shape index (κ1) is 26.0. The number of rotatable bonds is 5. The molecule has 0 radical (unpaired) electrons. The summed E-state index contributed by atoms with van der Waals surface area (Å²) in [7, 11) is -3.14. The van der Waals surface area contributed by atoms with Crippen molar-refractivity contribution in [1.82, 2.24) is 33.8 Å². The molecule has 2 aromatic carbocycles. The Labute approximate surface area is 238 Å². The van der Waals surface area contributed by atoms with Crippen LogP contribution in [0.2, 0.25) is 0 Å². The van der Waals surface area contributed by atoms with E-state index in [0.717, 1.165) is 76.3 Å². The van der Waals surface area contributed by atoms with Crippen molar-refractivity contribution in [3.05, 3.63) is 72.3 Å². The Bertz CT molecular complexity index is 1880. The first-order chi connectivity index (χ1) is 19.8. The Morgan fingerprint density at radius 1 is 0.927 bits per heavy atom. The van der Waals surface area contributed by atoms with Gasteiger partial charge >= 0.3 is 0 Å². The van der Waals surface area contributed by atoms with Gasteiger partial charge in [-0.25, -0.2) is 27.9 Å². The first-order valence-electron chi connectivity index (χ1n) is 13.9. The highest BCUT2D eigenvalue weighted by atomic mass is 32.2. The maximum Gasteiger partial charge on any atom is 0.211 e. The molecule has 1 aliphatic carbocycles. The van der Waals surface area contributed by atoms with Crippen LogP contribution in [0.1, 0.15) is 30.1 Å². The fourth-order valence-electron chi connectivity index (χ4n) is 6.28. The van der Waals surface area contributed by atoms with Gasteiger partial charge in [0.1, 0.15) is 23.4 Å². The highest BCUT2D eigenvalue weighted by Crippen LogP contribution is 2.42. The van der Waals surface area contributed by atoms with Gasteiger partial charge in [0.2, 0.25) is 10.0 Å². The summed E-state index contributed by atoms with van der Waals surface area (Å²) in [6, 6.07) is 18.9. The molecule has 1 saturated carbocycles. The number of nitrogens with zero attached hydrogens (tertiary/aromatic N) is 7. The van der Waals surface area contributed by atoms with Crippen molar-refractivity contribution in [2.45, 2.75) is 31.7 Å². The maximum absolute atomic E-state index is 11.9. The van der Waals surface area contributed by atoms with Crippen molar-refractivity contribution in [2.24, 2.45) is 0 Å². The van der Waals surface area contributed by atoms with Crippen LogP contribution in [-0.4, -0.2) is 80.7 Å². The third kappa shape index (κ3) is 4.54. The van der Waals surface area contributed by atoms with Crippen LogP contribution in [-0.2, 0) is 10.0 Å². The molecule has 2 N–H and O–H groups in total. The Balaban J connectivity index is 1.21. The summed E-state index contributed by atoms with van der Waals surface area (Å²) < 4.78 is 27.2. The van der Waals surface area contributed by atoms with Gasteiger partial charge in [0.05, 0.1) is 17.5 Å². The molecule has 0 unspecified atom stereocenters. The molecule has 10 nitrogen and oxygen atoms in total. The number of imidazole rings is 1. The molecule has 0 amide bonds. The highest BCUT2D eigenvalue weighted by molar-refractivity contribution is 7.88. The number of sulfonamides is 1. The van der Waals surface area contributed by atoms with E-state index in [4.69, 9.17) is 15.7 Å². The van der Waals surface area contributed by atoms with Crippen LogP contribution in [0.25, 0.3) is 38.9 Å². The second-order valence-electron chi connectivity index (χ2n) is 11.1. The largest absolute Gasteiger partial charge is 0.382 e. The van der Waals surface area contributed by atoms with Crippen LogP contribution >= 0.6 is 0 Å². The second-order valence-corrected chi connectivity index (χ2v) is 13.1. The summed E-state index contributed by atoms with van der Waals surface area (Å²) in [6.45, 7) is 4.67. The zero-order valence-corrected chi connectivity index (χ0v) is 23.9. The maximum atomic E-state index is 11.9. The van der Waals surface area contributed by atoms with Crippen LogP contribution in [0.3, 0.4) is 0 Å². The molecule has 1 aliphatic heterocycles. The summed E-state index contributed by atoms with van der Waals surface area (Å²) in [6.07, 6.45) is 4.66. The van der Waals surface area contributed by atoms with Crippen molar-refractivity contribution in [3.63, 3.8) is 0 Å². The summed E-state index contributed by atoms with van der Waals surface area (Å²) in [4.78, 5) is 16.9. The number of fused-ring (bicyclic) bond motifs is 2. The minimum Gasteiger partial charge on any atom is -0.382 e. The molecule has 2 fully saturated rings. The number of anilines is 1. The van der Waals surface area contributed by atoms with Crippen molar-refractivity contribution in [1.29, 1.82) is 0 Å². The number of benzene rings is 2. The monoisotopic (exact) mass is 568 g/mol. The van der Waals surface area contributed by atoms with E-state index in [1.54, 1.807) is 4.31 Å². The number of nitrogen functional groups attached to an aromatic ring is 1. The van der Waals surface area contributed by atoms with E-state index in [2.05, 4.69) is 58.3 Å². The molecule has 5 aromatic rings. The fourth-order valence-corrected chi connectivity index (χ4v) is 7.11. The van der Waals surface area contributed by atoms with E-state index in [1.807, 2.05) is 22.7 Å². The van der Waals surface area contributed by atoms with E-state index in [9.17, 15) is 8.42 Å². The molecular weight excluding hydrogens is 536 g/mol. The standard InChI is InChI=1S/C30H32N8O2S/c1-19-24(10-8-21-9-11-25(34-26(19)21)20-6-4-3-5-7-20)27-28-29(31)32-18-33-38(28)30(35-27)22-16-23(17-22)36-12-14-37(15-13-36)41(2,39)40/h3-11,18,22-23H,12-17H2,1-2H3,(H2,31,32,33). The van der Waals surface area contributed by atoms with Gasteiger partial charge in [0, 0.05) is 54.7 Å². The lowest BCUT2D eigenvalue weighted by atomic mass is 9.78. The highest BCUT2D eigenvalue weighted by Gasteiger charge is 2.39. The van der Waals surface area contributed by atoms with Crippen LogP contribution in [0.15, 0.2) is 60.9 Å². The van der Waals surface area contributed by atoms with Crippen molar-refractivity contribution in [2.75, 3.05) is 38.2 Å². The smallest absolute Gasteiger partial charge is 0.211 e. The second kappa shape index (κ2) is 9.86. The van der Waals surface area contributed by atoms with E-state index in [0.29, 0.717) is 24.9 Å². The Kier molecular flexibility index (Phi) is 6.25. The average Bonchev–Trinajstić information content (AvgIpc) is 3.33. The number of aryl methyl sites for hydroxylation is 1. The molecule has 3 aromatic heterocycles. The molecule has 2 aliphatic rings. The van der Waals surface area contributed by atoms with E-state index in [1.165, 1.54) is 12.6 Å². The Morgan fingerprint density at radius 3 is 2.39 bits per heavy atom. The van der Waals surface area contributed by atoms with E-state index in [-0.39, 0.29) is 5.92 Å². The van der Waals surface area contributed by atoms with Gasteiger partial charge in [0.15, 0.2) is 5.82 Å². The van der Waals surface area contributed by atoms with Gasteiger partial charge in [-0.2, -0.15) is 9.40 Å². The van der Waals surface area contributed by atoms with Crippen molar-refractivity contribution in [3.8, 4) is 22.5 Å². The van der Waals surface area contributed by atoms with Crippen molar-refractivity contribution >= 4 is 32.3 Å². The predicted molar refractivity (Wildman–Crippen MR) is 160 cm³/mol. The van der Waals surface area contributed by atoms with E-state index >= 15 is 0 Å². The van der Waals surface area contributed by atoms with Gasteiger partial charge in [-0.15, -0.1) is 0 Å². The summed E-state index contributed by atoms with van der Waals surface area (Å²) in [5.74, 6) is 1.51. The minimum absolute atomic E-state index is 0.229. The van der Waals surface area contributed by atoms with Crippen LogP contribution < -0.4 is 5.73 Å². The number of aromatic nitrogens is 5. The molecule has 0 bridgehead atoms. The zero-order valence-electron chi connectivity index (χ0n) is 23.1. The molecule has 7 rings (SSSR count). The SMILES string of the molecule is Cc1c(-c2nc(C3CC(N4CCN(S(C)(=O)=O)CC4)C3)n3ncnc(N)c23)ccc2ccc(-c3ccccc3)nc12. The number of pyridine rings is 1. The average molecular weight is 569 g/mol. The van der Waals surface area contributed by atoms with Gasteiger partial charge in [-0.1, -0.05) is 48.5 Å². The normalized spacial score (nSPS) is 20.4. The van der Waals surface area contributed by atoms with Crippen LogP contribution in [0.4, 0.5) is 5.82 Å². The summed E-state index contributed by atoms with van der Waals surface area (Å²) >= 11 is 0. The number of hydrogen-bond donors (Lipinski definition) is 1. The number of hydrogen-bond acceptors (Lipinski definition) is 8.